The van der Waals surface area contributed by atoms with Crippen LogP contribution in [0.2, 0.25) is 0 Å². The molecule has 3 heterocycles. The number of fused-ring (bicyclic) bond motifs is 2. The lowest BCUT2D eigenvalue weighted by molar-refractivity contribution is -0.160. The summed E-state index contributed by atoms with van der Waals surface area (Å²) in [5.74, 6) is -0.634. The molecule has 0 fully saturated rings. The topological polar surface area (TPSA) is 61.3 Å². The smallest absolute Gasteiger partial charge is 0.416 e. The van der Waals surface area contributed by atoms with E-state index in [1.165, 1.54) is 36.3 Å². The molecule has 4 aromatic rings. The molecule has 5 nitrogen and oxygen atoms in total. The van der Waals surface area contributed by atoms with Crippen molar-refractivity contribution in [3.8, 4) is 0 Å². The SMILES string of the molecule is CCOC(=O)C1(CSc2ccnc3cc(C(F)(F)F)ccc23)OCC=C1Sc1ccnc2cc(C(F)(F)F)ccc12. The molecule has 13 heteroatoms. The number of hydrogen-bond donors (Lipinski definition) is 0. The van der Waals surface area contributed by atoms with Crippen molar-refractivity contribution in [2.45, 2.75) is 34.7 Å². The van der Waals surface area contributed by atoms with Gasteiger partial charge in [-0.05, 0) is 49.4 Å². The zero-order chi connectivity index (χ0) is 29.4. The average molecular weight is 611 g/mol. The Morgan fingerprint density at radius 1 is 0.902 bits per heavy atom. The molecule has 1 aliphatic heterocycles. The quantitative estimate of drug-likeness (QED) is 0.120. The molecule has 2 aromatic carbocycles. The van der Waals surface area contributed by atoms with Gasteiger partial charge in [-0.1, -0.05) is 23.9 Å². The van der Waals surface area contributed by atoms with Gasteiger partial charge in [-0.15, -0.1) is 11.8 Å². The largest absolute Gasteiger partial charge is 0.464 e. The number of nitrogens with zero attached hydrogens (tertiary/aromatic N) is 2. The molecule has 0 radical (unpaired) electrons. The summed E-state index contributed by atoms with van der Waals surface area (Å²) in [5, 5.41) is 0.936. The molecule has 0 saturated carbocycles. The molecule has 41 heavy (non-hydrogen) atoms. The lowest BCUT2D eigenvalue weighted by atomic mass is 10.1. The van der Waals surface area contributed by atoms with Crippen molar-refractivity contribution < 1.29 is 40.6 Å². The summed E-state index contributed by atoms with van der Waals surface area (Å²) in [4.78, 5) is 23.1. The minimum Gasteiger partial charge on any atom is -0.464 e. The maximum Gasteiger partial charge on any atom is 0.416 e. The van der Waals surface area contributed by atoms with Crippen LogP contribution in [0.25, 0.3) is 21.8 Å². The Morgan fingerprint density at radius 2 is 1.46 bits per heavy atom. The second-order valence-electron chi connectivity index (χ2n) is 8.90. The summed E-state index contributed by atoms with van der Waals surface area (Å²) >= 11 is 2.36. The number of alkyl halides is 6. The zero-order valence-corrected chi connectivity index (χ0v) is 22.8. The van der Waals surface area contributed by atoms with E-state index in [1.807, 2.05) is 0 Å². The molecule has 0 bridgehead atoms. The highest BCUT2D eigenvalue weighted by atomic mass is 32.2. The Balaban J connectivity index is 1.47. The van der Waals surface area contributed by atoms with Gasteiger partial charge in [0.1, 0.15) is 0 Å². The van der Waals surface area contributed by atoms with E-state index in [2.05, 4.69) is 9.97 Å². The molecular weight excluding hydrogens is 590 g/mol. The maximum atomic E-state index is 13.3. The number of pyridine rings is 2. The molecular formula is C28H20F6N2O3S2. The molecule has 0 amide bonds. The third-order valence-corrected chi connectivity index (χ3v) is 8.82. The van der Waals surface area contributed by atoms with Gasteiger partial charge in [0, 0.05) is 43.6 Å². The van der Waals surface area contributed by atoms with Crippen LogP contribution in [0.3, 0.4) is 0 Å². The van der Waals surface area contributed by atoms with Crippen LogP contribution in [0.5, 0.6) is 0 Å². The molecule has 0 saturated heterocycles. The van der Waals surface area contributed by atoms with E-state index in [-0.39, 0.29) is 30.0 Å². The van der Waals surface area contributed by atoms with Crippen molar-refractivity contribution in [3.05, 3.63) is 83.0 Å². The fraction of sp³-hybridized carbons (Fsp3) is 0.250. The standard InChI is InChI=1S/C28H20F6N2O3S2/c1-2-38-25(37)26(15-40-22-7-10-35-20-13-16(27(29,30)31)3-5-18(20)22)24(9-12-39-26)41-23-8-11-36-21-14-17(28(32,33)34)4-6-19(21)23/h3-11,13-14H,2,12,15H2,1H3. The van der Waals surface area contributed by atoms with Gasteiger partial charge in [0.2, 0.25) is 5.60 Å². The number of rotatable bonds is 7. The number of benzene rings is 2. The van der Waals surface area contributed by atoms with Crippen LogP contribution in [0.15, 0.2) is 81.7 Å². The summed E-state index contributed by atoms with van der Waals surface area (Å²) in [6.07, 6.45) is -4.56. The third kappa shape index (κ3) is 5.88. The molecule has 1 atom stereocenters. The third-order valence-electron chi connectivity index (χ3n) is 6.31. The predicted molar refractivity (Wildman–Crippen MR) is 143 cm³/mol. The fourth-order valence-electron chi connectivity index (χ4n) is 4.31. The minimum absolute atomic E-state index is 0.0199. The Morgan fingerprint density at radius 3 is 2.02 bits per heavy atom. The van der Waals surface area contributed by atoms with Crippen molar-refractivity contribution in [1.29, 1.82) is 0 Å². The lowest BCUT2D eigenvalue weighted by Gasteiger charge is -2.29. The Bertz CT molecular complexity index is 1660. The van der Waals surface area contributed by atoms with Crippen LogP contribution in [-0.2, 0) is 26.6 Å². The van der Waals surface area contributed by atoms with E-state index in [4.69, 9.17) is 9.47 Å². The number of halogens is 6. The Labute approximate surface area is 238 Å². The maximum absolute atomic E-state index is 13.3. The first-order valence-electron chi connectivity index (χ1n) is 12.2. The summed E-state index contributed by atoms with van der Waals surface area (Å²) in [6, 6.07) is 9.82. The zero-order valence-electron chi connectivity index (χ0n) is 21.2. The monoisotopic (exact) mass is 610 g/mol. The summed E-state index contributed by atoms with van der Waals surface area (Å²) < 4.78 is 90.7. The van der Waals surface area contributed by atoms with Crippen molar-refractivity contribution in [3.63, 3.8) is 0 Å². The Hall–Kier alpha value is -3.29. The van der Waals surface area contributed by atoms with Crippen molar-refractivity contribution >= 4 is 51.3 Å². The van der Waals surface area contributed by atoms with Crippen molar-refractivity contribution in [2.75, 3.05) is 19.0 Å². The van der Waals surface area contributed by atoms with E-state index in [0.717, 1.165) is 36.0 Å². The number of esters is 1. The molecule has 1 unspecified atom stereocenters. The van der Waals surface area contributed by atoms with Gasteiger partial charge in [0.25, 0.3) is 0 Å². The van der Waals surface area contributed by atoms with Crippen LogP contribution < -0.4 is 0 Å². The first kappa shape index (κ1) is 29.2. The summed E-state index contributed by atoms with van der Waals surface area (Å²) in [7, 11) is 0. The fourth-order valence-corrected chi connectivity index (χ4v) is 6.78. The second kappa shape index (κ2) is 11.2. The van der Waals surface area contributed by atoms with Gasteiger partial charge >= 0.3 is 18.3 Å². The van der Waals surface area contributed by atoms with E-state index in [9.17, 15) is 31.1 Å². The average Bonchev–Trinajstić information content (AvgIpc) is 3.34. The second-order valence-corrected chi connectivity index (χ2v) is 11.0. The molecule has 0 spiro atoms. The molecule has 2 aromatic heterocycles. The normalized spacial score (nSPS) is 17.7. The highest BCUT2D eigenvalue weighted by molar-refractivity contribution is 8.03. The molecule has 0 N–H and O–H groups in total. The number of carbonyl (C=O) groups excluding carboxylic acids is 1. The molecule has 0 aliphatic carbocycles. The molecule has 5 rings (SSSR count). The van der Waals surface area contributed by atoms with Crippen LogP contribution >= 0.6 is 23.5 Å². The number of ether oxygens (including phenoxy) is 2. The van der Waals surface area contributed by atoms with E-state index >= 15 is 0 Å². The highest BCUT2D eigenvalue weighted by Gasteiger charge is 2.48. The first-order chi connectivity index (χ1) is 19.4. The summed E-state index contributed by atoms with van der Waals surface area (Å²) in [6.45, 7) is 1.80. The first-order valence-corrected chi connectivity index (χ1v) is 14.0. The minimum atomic E-state index is -4.53. The number of aromatic nitrogens is 2. The van der Waals surface area contributed by atoms with Crippen LogP contribution in [0.1, 0.15) is 18.1 Å². The van der Waals surface area contributed by atoms with Crippen molar-refractivity contribution in [2.24, 2.45) is 0 Å². The Kier molecular flexibility index (Phi) is 7.96. The highest BCUT2D eigenvalue weighted by Crippen LogP contribution is 2.46. The van der Waals surface area contributed by atoms with E-state index in [1.54, 1.807) is 25.1 Å². The van der Waals surface area contributed by atoms with Gasteiger partial charge in [-0.25, -0.2) is 4.79 Å². The number of hydrogen-bond acceptors (Lipinski definition) is 7. The summed E-state index contributed by atoms with van der Waals surface area (Å²) in [5.41, 5.74) is -2.92. The van der Waals surface area contributed by atoms with Gasteiger partial charge in [0.15, 0.2) is 0 Å². The van der Waals surface area contributed by atoms with E-state index in [0.29, 0.717) is 25.5 Å². The predicted octanol–water partition coefficient (Wildman–Crippen LogP) is 7.92. The van der Waals surface area contributed by atoms with Crippen LogP contribution in [0, 0.1) is 0 Å². The van der Waals surface area contributed by atoms with Crippen LogP contribution in [0.4, 0.5) is 26.3 Å². The van der Waals surface area contributed by atoms with Gasteiger partial charge in [-0.3, -0.25) is 9.97 Å². The molecule has 1 aliphatic rings. The molecule has 214 valence electrons. The number of carbonyl (C=O) groups is 1. The van der Waals surface area contributed by atoms with Crippen molar-refractivity contribution in [1.82, 2.24) is 9.97 Å². The van der Waals surface area contributed by atoms with Gasteiger partial charge in [-0.2, -0.15) is 26.3 Å². The van der Waals surface area contributed by atoms with Gasteiger partial charge < -0.3 is 9.47 Å². The van der Waals surface area contributed by atoms with E-state index < -0.39 is 35.0 Å². The van der Waals surface area contributed by atoms with Gasteiger partial charge in [0.05, 0.1) is 35.4 Å². The lowest BCUT2D eigenvalue weighted by Crippen LogP contribution is -2.44. The number of thioether (sulfide) groups is 2. The van der Waals surface area contributed by atoms with Crippen LogP contribution in [-0.4, -0.2) is 40.5 Å².